The highest BCUT2D eigenvalue weighted by atomic mass is 16.5. The normalized spacial score (nSPS) is 13.7. The lowest BCUT2D eigenvalue weighted by Crippen LogP contribution is -2.44. The Labute approximate surface area is 238 Å². The molecule has 3 N–H and O–H groups in total. The van der Waals surface area contributed by atoms with Crippen molar-refractivity contribution in [1.29, 1.82) is 0 Å². The summed E-state index contributed by atoms with van der Waals surface area (Å²) < 4.78 is 11.1. The minimum atomic E-state index is -1.01. The van der Waals surface area contributed by atoms with Crippen molar-refractivity contribution >= 4 is 17.7 Å². The molecule has 1 aromatic heterocycles. The molecule has 0 aliphatic carbocycles. The number of carboxylic acids is 1. The number of nitrogens with one attached hydrogen (secondary N) is 2. The molecule has 0 bridgehead atoms. The number of benzene rings is 1. The van der Waals surface area contributed by atoms with Gasteiger partial charge >= 0.3 is 5.97 Å². The van der Waals surface area contributed by atoms with Crippen LogP contribution in [0.2, 0.25) is 0 Å². The van der Waals surface area contributed by atoms with Gasteiger partial charge in [-0.05, 0) is 86.4 Å². The molecule has 1 atom stereocenters. The molecule has 0 radical (unpaired) electrons. The number of carbonyl (C=O) groups excluding carboxylic acids is 1. The molecule has 1 aromatic carbocycles. The summed E-state index contributed by atoms with van der Waals surface area (Å²) >= 11 is 0. The molecule has 9 heteroatoms. The van der Waals surface area contributed by atoms with Gasteiger partial charge in [0.15, 0.2) is 0 Å². The van der Waals surface area contributed by atoms with E-state index in [1.165, 1.54) is 5.56 Å². The number of pyridine rings is 1. The second kappa shape index (κ2) is 15.5. The molecule has 2 aromatic rings. The van der Waals surface area contributed by atoms with Crippen molar-refractivity contribution in [3.05, 3.63) is 47.7 Å². The van der Waals surface area contributed by atoms with Crippen LogP contribution in [0.3, 0.4) is 0 Å². The van der Waals surface area contributed by atoms with Gasteiger partial charge in [-0.25, -0.2) is 9.78 Å². The number of carbonyl (C=O) groups is 2. The minimum absolute atomic E-state index is 0.207. The first kappa shape index (κ1) is 31.2. The van der Waals surface area contributed by atoms with Crippen molar-refractivity contribution in [2.75, 3.05) is 45.2 Å². The summed E-state index contributed by atoms with van der Waals surface area (Å²) in [4.78, 5) is 31.3. The number of fused-ring (bicyclic) bond motifs is 1. The van der Waals surface area contributed by atoms with Crippen LogP contribution in [0.5, 0.6) is 11.5 Å². The first-order valence-corrected chi connectivity index (χ1v) is 14.4. The number of anilines is 1. The van der Waals surface area contributed by atoms with Crippen LogP contribution in [0, 0.1) is 5.41 Å². The number of methoxy groups -OCH3 is 1. The molecule has 0 saturated carbocycles. The molecular formula is C31H46N4O5. The Morgan fingerprint density at radius 2 is 1.82 bits per heavy atom. The maximum Gasteiger partial charge on any atom is 0.326 e. The van der Waals surface area contributed by atoms with Crippen LogP contribution in [0.15, 0.2) is 36.4 Å². The lowest BCUT2D eigenvalue weighted by atomic mass is 9.92. The summed E-state index contributed by atoms with van der Waals surface area (Å²) in [5.74, 6) is 1.30. The molecular weight excluding hydrogens is 508 g/mol. The van der Waals surface area contributed by atoms with Crippen molar-refractivity contribution in [3.63, 3.8) is 0 Å². The third kappa shape index (κ3) is 11.0. The molecule has 2 heterocycles. The predicted molar refractivity (Wildman–Crippen MR) is 157 cm³/mol. The van der Waals surface area contributed by atoms with Gasteiger partial charge in [-0.3, -0.25) is 9.69 Å². The molecule has 1 amide bonds. The van der Waals surface area contributed by atoms with E-state index >= 15 is 0 Å². The van der Waals surface area contributed by atoms with Gasteiger partial charge in [0.2, 0.25) is 5.91 Å². The Balaban J connectivity index is 1.53. The van der Waals surface area contributed by atoms with E-state index in [2.05, 4.69) is 27.7 Å². The number of amides is 1. The van der Waals surface area contributed by atoms with Crippen molar-refractivity contribution in [2.45, 2.75) is 71.8 Å². The van der Waals surface area contributed by atoms with E-state index in [1.807, 2.05) is 45.0 Å². The van der Waals surface area contributed by atoms with Crippen molar-refractivity contribution < 1.29 is 24.2 Å². The number of hydrogen-bond acceptors (Lipinski definition) is 7. The van der Waals surface area contributed by atoms with Crippen molar-refractivity contribution in [1.82, 2.24) is 15.2 Å². The second-order valence-electron chi connectivity index (χ2n) is 11.6. The van der Waals surface area contributed by atoms with E-state index in [0.29, 0.717) is 26.1 Å². The molecule has 40 heavy (non-hydrogen) atoms. The van der Waals surface area contributed by atoms with E-state index in [-0.39, 0.29) is 17.7 Å². The molecule has 1 aliphatic heterocycles. The molecule has 3 rings (SSSR count). The topological polar surface area (TPSA) is 113 Å². The largest absolute Gasteiger partial charge is 0.497 e. The SMILES string of the molecule is COc1ccc(OCCN(CCCCc2ccc3c(n2)NCCC3)CC[C@H](NC(=O)CC(C)(C)C)C(=O)O)cc1. The molecule has 0 fully saturated rings. The number of aromatic nitrogens is 1. The van der Waals surface area contributed by atoms with Gasteiger partial charge < -0.3 is 25.2 Å². The highest BCUT2D eigenvalue weighted by molar-refractivity contribution is 5.83. The number of hydrogen-bond donors (Lipinski definition) is 3. The molecule has 0 saturated heterocycles. The number of aliphatic carboxylic acids is 1. The zero-order valence-corrected chi connectivity index (χ0v) is 24.5. The number of carboxylic acid groups (broad SMARTS) is 1. The summed E-state index contributed by atoms with van der Waals surface area (Å²) in [5, 5.41) is 15.9. The number of ether oxygens (including phenoxy) is 2. The monoisotopic (exact) mass is 554 g/mol. The number of nitrogens with zero attached hydrogens (tertiary/aromatic N) is 2. The lowest BCUT2D eigenvalue weighted by Gasteiger charge is -2.25. The Hall–Kier alpha value is -3.33. The Morgan fingerprint density at radius 3 is 2.52 bits per heavy atom. The average molecular weight is 555 g/mol. The fraction of sp³-hybridized carbons (Fsp3) is 0.581. The van der Waals surface area contributed by atoms with E-state index < -0.39 is 12.0 Å². The summed E-state index contributed by atoms with van der Waals surface area (Å²) in [7, 11) is 1.63. The lowest BCUT2D eigenvalue weighted by molar-refractivity contribution is -0.142. The van der Waals surface area contributed by atoms with Crippen LogP contribution in [0.4, 0.5) is 5.82 Å². The van der Waals surface area contributed by atoms with Crippen LogP contribution < -0.4 is 20.1 Å². The minimum Gasteiger partial charge on any atom is -0.497 e. The third-order valence-corrected chi connectivity index (χ3v) is 6.90. The number of rotatable bonds is 16. The summed E-state index contributed by atoms with van der Waals surface area (Å²) in [6, 6.07) is 10.8. The first-order chi connectivity index (χ1) is 19.1. The molecule has 220 valence electrons. The van der Waals surface area contributed by atoms with Crippen LogP contribution >= 0.6 is 0 Å². The standard InChI is InChI=1S/C31H46N4O5/c1-31(2,3)22-28(36)34-27(30(37)38)16-19-35(20-21-40-26-14-12-25(39-4)13-15-26)18-6-5-9-24-11-10-23-8-7-17-32-29(23)33-24/h10-15,27H,5-9,16-22H2,1-4H3,(H,32,33)(H,34,36)(H,37,38)/t27-/m0/s1. The molecule has 0 unspecified atom stereocenters. The molecule has 1 aliphatic rings. The maximum atomic E-state index is 12.4. The molecule has 9 nitrogen and oxygen atoms in total. The van der Waals surface area contributed by atoms with Crippen molar-refractivity contribution in [2.24, 2.45) is 5.41 Å². The van der Waals surface area contributed by atoms with Gasteiger partial charge in [0.1, 0.15) is 30.0 Å². The highest BCUT2D eigenvalue weighted by Crippen LogP contribution is 2.21. The maximum absolute atomic E-state index is 12.4. The average Bonchev–Trinajstić information content (AvgIpc) is 2.92. The van der Waals surface area contributed by atoms with Crippen LogP contribution in [-0.4, -0.2) is 72.8 Å². The van der Waals surface area contributed by atoms with Gasteiger partial charge in [0.05, 0.1) is 7.11 Å². The smallest absolute Gasteiger partial charge is 0.326 e. The highest BCUT2D eigenvalue weighted by Gasteiger charge is 2.24. The fourth-order valence-electron chi connectivity index (χ4n) is 4.75. The number of aryl methyl sites for hydroxylation is 2. The summed E-state index contributed by atoms with van der Waals surface area (Å²) in [6.45, 7) is 9.32. The second-order valence-corrected chi connectivity index (χ2v) is 11.6. The van der Waals surface area contributed by atoms with E-state index in [9.17, 15) is 14.7 Å². The van der Waals surface area contributed by atoms with Gasteiger partial charge in [0, 0.05) is 31.7 Å². The fourth-order valence-corrected chi connectivity index (χ4v) is 4.75. The van der Waals surface area contributed by atoms with Crippen molar-refractivity contribution in [3.8, 4) is 11.5 Å². The van der Waals surface area contributed by atoms with E-state index in [1.54, 1.807) is 7.11 Å². The first-order valence-electron chi connectivity index (χ1n) is 14.4. The van der Waals surface area contributed by atoms with Crippen LogP contribution in [0.25, 0.3) is 0 Å². The Bertz CT molecular complexity index is 1080. The summed E-state index contributed by atoms with van der Waals surface area (Å²) in [6.07, 6.45) is 5.65. The van der Waals surface area contributed by atoms with E-state index in [0.717, 1.165) is 68.2 Å². The zero-order valence-electron chi connectivity index (χ0n) is 24.5. The van der Waals surface area contributed by atoms with Gasteiger partial charge in [-0.2, -0.15) is 0 Å². The van der Waals surface area contributed by atoms with Gasteiger partial charge in [-0.15, -0.1) is 0 Å². The quantitative estimate of drug-likeness (QED) is 0.259. The zero-order chi connectivity index (χ0) is 29.0. The summed E-state index contributed by atoms with van der Waals surface area (Å²) in [5.41, 5.74) is 2.18. The van der Waals surface area contributed by atoms with Crippen LogP contribution in [0.1, 0.15) is 64.1 Å². The third-order valence-electron chi connectivity index (χ3n) is 6.90. The molecule has 0 spiro atoms. The van der Waals surface area contributed by atoms with Gasteiger partial charge in [0.25, 0.3) is 0 Å². The van der Waals surface area contributed by atoms with E-state index in [4.69, 9.17) is 14.5 Å². The number of unbranched alkanes of at least 4 members (excludes halogenated alkanes) is 1. The van der Waals surface area contributed by atoms with Crippen LogP contribution in [-0.2, 0) is 22.4 Å². The Kier molecular flexibility index (Phi) is 12.1. The van der Waals surface area contributed by atoms with Gasteiger partial charge in [-0.1, -0.05) is 26.8 Å². The Morgan fingerprint density at radius 1 is 1.07 bits per heavy atom. The predicted octanol–water partition coefficient (Wildman–Crippen LogP) is 4.55.